The average Bonchev–Trinajstić information content (AvgIpc) is 3.35. The van der Waals surface area contributed by atoms with Crippen molar-refractivity contribution in [3.63, 3.8) is 0 Å². The lowest BCUT2D eigenvalue weighted by molar-refractivity contribution is -0.625. The minimum absolute atomic E-state index is 0.0365. The summed E-state index contributed by atoms with van der Waals surface area (Å²) in [6.45, 7) is 3.80. The van der Waals surface area contributed by atoms with Gasteiger partial charge in [0.05, 0.1) is 36.3 Å². The fourth-order valence-corrected chi connectivity index (χ4v) is 4.31. The molecule has 0 unspecified atom stereocenters. The minimum atomic E-state index is -0.278. The number of aromatic nitrogens is 3. The largest absolute Gasteiger partial charge is 0.504 e. The number of aromatic hydroxyl groups is 1. The standard InChI is InChI=1S/C27H27N5O4S/c1-17-5-10-21(11-6-17)32-26(19-7-12-22(35-3)13-8-19)30-31-27(32)37-16-25(34)29-28-18(2)20-9-14-23(33)24(15-20)36-4/h5-15H,16H2,1-4H3,(H2,28,29,33,34)/p+1. The van der Waals surface area contributed by atoms with E-state index in [0.717, 1.165) is 34.0 Å². The molecule has 190 valence electrons. The third kappa shape index (κ3) is 6.10. The second kappa shape index (κ2) is 11.6. The Balaban J connectivity index is 1.52. The summed E-state index contributed by atoms with van der Waals surface area (Å²) in [5.74, 6) is 1.74. The number of aromatic amines is 1. The van der Waals surface area contributed by atoms with E-state index < -0.39 is 0 Å². The predicted molar refractivity (Wildman–Crippen MR) is 143 cm³/mol. The molecule has 0 fully saturated rings. The Morgan fingerprint density at radius 3 is 2.49 bits per heavy atom. The van der Waals surface area contributed by atoms with Crippen LogP contribution in [0.2, 0.25) is 0 Å². The molecule has 0 saturated heterocycles. The lowest BCUT2D eigenvalue weighted by atomic mass is 10.1. The molecule has 0 bridgehead atoms. The monoisotopic (exact) mass is 518 g/mol. The summed E-state index contributed by atoms with van der Waals surface area (Å²) in [5.41, 5.74) is 6.87. The molecule has 37 heavy (non-hydrogen) atoms. The SMILES string of the molecule is COc1ccc(-c2[nH]nc(SCC(=O)N/N=C(/C)c3ccc(O)c(OC)c3)[n+]2-c2ccc(C)cc2)cc1. The molecule has 0 radical (unpaired) electrons. The van der Waals surface area contributed by atoms with E-state index in [4.69, 9.17) is 9.47 Å². The Bertz CT molecular complexity index is 1420. The number of aryl methyl sites for hydroxylation is 1. The molecule has 10 heteroatoms. The molecular weight excluding hydrogens is 490 g/mol. The van der Waals surface area contributed by atoms with Crippen molar-refractivity contribution >= 4 is 23.4 Å². The van der Waals surface area contributed by atoms with Crippen LogP contribution in [0.5, 0.6) is 17.2 Å². The molecule has 4 rings (SSSR count). The van der Waals surface area contributed by atoms with Crippen molar-refractivity contribution < 1.29 is 23.9 Å². The van der Waals surface area contributed by atoms with Crippen molar-refractivity contribution in [2.75, 3.05) is 20.0 Å². The van der Waals surface area contributed by atoms with E-state index in [9.17, 15) is 9.90 Å². The van der Waals surface area contributed by atoms with E-state index in [-0.39, 0.29) is 17.4 Å². The van der Waals surface area contributed by atoms with Crippen LogP contribution in [-0.4, -0.2) is 46.9 Å². The first-order valence-electron chi connectivity index (χ1n) is 11.4. The smallest absolute Gasteiger partial charge is 0.342 e. The fourth-order valence-electron chi connectivity index (χ4n) is 3.54. The van der Waals surface area contributed by atoms with Gasteiger partial charge in [0.15, 0.2) is 11.5 Å². The first-order valence-corrected chi connectivity index (χ1v) is 12.4. The van der Waals surface area contributed by atoms with E-state index in [1.165, 1.54) is 24.9 Å². The van der Waals surface area contributed by atoms with E-state index in [1.54, 1.807) is 26.2 Å². The summed E-state index contributed by atoms with van der Waals surface area (Å²) in [5, 5.41) is 22.2. The normalized spacial score (nSPS) is 11.3. The number of rotatable bonds is 9. The number of hydrogen-bond acceptors (Lipinski definition) is 7. The van der Waals surface area contributed by atoms with Gasteiger partial charge in [0.2, 0.25) is 0 Å². The van der Waals surface area contributed by atoms with Crippen molar-refractivity contribution in [1.82, 2.24) is 15.6 Å². The van der Waals surface area contributed by atoms with Crippen LogP contribution in [0.15, 0.2) is 77.0 Å². The van der Waals surface area contributed by atoms with Gasteiger partial charge < -0.3 is 14.6 Å². The molecule has 9 nitrogen and oxygen atoms in total. The van der Waals surface area contributed by atoms with Crippen molar-refractivity contribution in [2.24, 2.45) is 5.10 Å². The molecule has 1 heterocycles. The van der Waals surface area contributed by atoms with Crippen LogP contribution in [0, 0.1) is 6.92 Å². The number of nitrogens with zero attached hydrogens (tertiary/aromatic N) is 3. The number of phenolic OH excluding ortho intramolecular Hbond substituents is 1. The van der Waals surface area contributed by atoms with Crippen molar-refractivity contribution in [1.29, 1.82) is 0 Å². The molecule has 0 atom stereocenters. The van der Waals surface area contributed by atoms with Crippen molar-refractivity contribution in [2.45, 2.75) is 19.0 Å². The number of H-pyrrole nitrogens is 1. The Morgan fingerprint density at radius 1 is 1.08 bits per heavy atom. The zero-order valence-electron chi connectivity index (χ0n) is 21.0. The van der Waals surface area contributed by atoms with E-state index in [0.29, 0.717) is 16.6 Å². The number of amides is 1. The summed E-state index contributed by atoms with van der Waals surface area (Å²) < 4.78 is 12.4. The number of hydrogen-bond donors (Lipinski definition) is 3. The highest BCUT2D eigenvalue weighted by Gasteiger charge is 2.24. The Hall–Kier alpha value is -4.31. The Morgan fingerprint density at radius 2 is 1.81 bits per heavy atom. The first-order chi connectivity index (χ1) is 17.9. The highest BCUT2D eigenvalue weighted by Crippen LogP contribution is 2.26. The third-order valence-corrected chi connectivity index (χ3v) is 6.54. The summed E-state index contributed by atoms with van der Waals surface area (Å²) in [6.07, 6.45) is 0. The quantitative estimate of drug-likeness (QED) is 0.134. The molecule has 1 aromatic heterocycles. The van der Waals surface area contributed by atoms with Crippen LogP contribution in [0.1, 0.15) is 18.1 Å². The molecule has 0 aliphatic heterocycles. The summed E-state index contributed by atoms with van der Waals surface area (Å²) in [7, 11) is 3.10. The molecule has 0 aliphatic rings. The number of nitrogens with one attached hydrogen (secondary N) is 2. The maximum Gasteiger partial charge on any atom is 0.342 e. The summed E-state index contributed by atoms with van der Waals surface area (Å²) in [6, 6.07) is 20.7. The Kier molecular flexibility index (Phi) is 8.09. The molecular formula is C27H28N5O4S+. The van der Waals surface area contributed by atoms with E-state index >= 15 is 0 Å². The number of methoxy groups -OCH3 is 2. The molecule has 4 aromatic rings. The van der Waals surface area contributed by atoms with Gasteiger partial charge in [-0.05, 0) is 80.2 Å². The number of benzene rings is 3. The van der Waals surface area contributed by atoms with Gasteiger partial charge >= 0.3 is 5.16 Å². The van der Waals surface area contributed by atoms with E-state index in [1.807, 2.05) is 60.0 Å². The van der Waals surface area contributed by atoms with Gasteiger partial charge in [-0.2, -0.15) is 9.67 Å². The minimum Gasteiger partial charge on any atom is -0.504 e. The summed E-state index contributed by atoms with van der Waals surface area (Å²) >= 11 is 1.29. The maximum atomic E-state index is 12.6. The van der Waals surface area contributed by atoms with Crippen LogP contribution < -0.4 is 19.5 Å². The Labute approximate surface area is 219 Å². The van der Waals surface area contributed by atoms with Gasteiger partial charge in [0.1, 0.15) is 11.4 Å². The zero-order chi connectivity index (χ0) is 26.4. The molecule has 3 aromatic carbocycles. The number of ether oxygens (including phenoxy) is 2. The van der Waals surface area contributed by atoms with Crippen LogP contribution in [0.3, 0.4) is 0 Å². The lowest BCUT2D eigenvalue weighted by Gasteiger charge is -2.07. The lowest BCUT2D eigenvalue weighted by Crippen LogP contribution is -2.34. The van der Waals surface area contributed by atoms with Gasteiger partial charge in [-0.25, -0.2) is 5.43 Å². The topological polar surface area (TPSA) is 113 Å². The number of hydrazone groups is 1. The molecule has 0 saturated carbocycles. The van der Waals surface area contributed by atoms with Gasteiger partial charge in [0, 0.05) is 5.56 Å². The average molecular weight is 519 g/mol. The second-order valence-corrected chi connectivity index (χ2v) is 9.10. The fraction of sp³-hybridized carbons (Fsp3) is 0.185. The molecule has 3 N–H and O–H groups in total. The van der Waals surface area contributed by atoms with Crippen LogP contribution in [-0.2, 0) is 4.79 Å². The van der Waals surface area contributed by atoms with Crippen molar-refractivity contribution in [3.05, 3.63) is 77.9 Å². The highest BCUT2D eigenvalue weighted by atomic mass is 32.2. The van der Waals surface area contributed by atoms with Crippen LogP contribution in [0.25, 0.3) is 17.1 Å². The number of phenols is 1. The second-order valence-electron chi connectivity index (χ2n) is 8.16. The maximum absolute atomic E-state index is 12.6. The van der Waals surface area contributed by atoms with Crippen LogP contribution >= 0.6 is 11.8 Å². The third-order valence-electron chi connectivity index (χ3n) is 5.61. The van der Waals surface area contributed by atoms with Gasteiger partial charge in [-0.1, -0.05) is 17.7 Å². The van der Waals surface area contributed by atoms with Gasteiger partial charge in [-0.3, -0.25) is 4.79 Å². The first kappa shape index (κ1) is 25.8. The van der Waals surface area contributed by atoms with Crippen molar-refractivity contribution in [3.8, 4) is 34.3 Å². The predicted octanol–water partition coefficient (Wildman–Crippen LogP) is 4.02. The highest BCUT2D eigenvalue weighted by molar-refractivity contribution is 7.99. The number of thioether (sulfide) groups is 1. The van der Waals surface area contributed by atoms with Crippen LogP contribution in [0.4, 0.5) is 0 Å². The summed E-state index contributed by atoms with van der Waals surface area (Å²) in [4.78, 5) is 12.6. The molecule has 1 amide bonds. The van der Waals surface area contributed by atoms with Gasteiger partial charge in [0.25, 0.3) is 11.7 Å². The zero-order valence-corrected chi connectivity index (χ0v) is 21.8. The number of carbonyl (C=O) groups excluding carboxylic acids is 1. The van der Waals surface area contributed by atoms with Gasteiger partial charge in [-0.15, -0.1) is 5.10 Å². The number of carbonyl (C=O) groups is 1. The molecule has 0 spiro atoms. The van der Waals surface area contributed by atoms with E-state index in [2.05, 4.69) is 20.7 Å². The molecule has 0 aliphatic carbocycles.